The van der Waals surface area contributed by atoms with E-state index in [-0.39, 0.29) is 5.84 Å². The number of aliphatic imine (C=N–C) groups is 2. The smallest absolute Gasteiger partial charge is 0.387 e. The number of carbonyl (C=O) groups is 1. The van der Waals surface area contributed by atoms with Crippen LogP contribution in [0.2, 0.25) is 0 Å². The van der Waals surface area contributed by atoms with Crippen LogP contribution < -0.4 is 5.32 Å². The quantitative estimate of drug-likeness (QED) is 0.170. The average Bonchev–Trinajstić information content (AvgIpc) is 3.10. The summed E-state index contributed by atoms with van der Waals surface area (Å²) in [4.78, 5) is 56.1. The molecule has 18 nitrogen and oxygen atoms in total. The Morgan fingerprint density at radius 1 is 1.27 bits per heavy atom. The summed E-state index contributed by atoms with van der Waals surface area (Å²) in [5.41, 5.74) is -2.62. The van der Waals surface area contributed by atoms with Crippen LogP contribution in [0.5, 0.6) is 0 Å². The van der Waals surface area contributed by atoms with E-state index >= 15 is 4.39 Å². The highest BCUT2D eigenvalue weighted by atomic mass is 31.3. The highest BCUT2D eigenvalue weighted by molar-refractivity contribution is 7.66. The molecule has 0 bridgehead atoms. The molecule has 1 saturated heterocycles. The Kier molecular flexibility index (Phi) is 6.85. The highest BCUT2D eigenvalue weighted by Crippen LogP contribution is 2.66. The molecule has 3 unspecified atom stereocenters. The molecule has 1 fully saturated rings. The second-order valence-corrected chi connectivity index (χ2v) is 11.3. The summed E-state index contributed by atoms with van der Waals surface area (Å²) < 4.78 is 65.9. The number of amidine groups is 1. The molecule has 7 atom stereocenters. The first-order valence-electron chi connectivity index (χ1n) is 8.52. The lowest BCUT2D eigenvalue weighted by atomic mass is 9.98. The first-order valence-corrected chi connectivity index (χ1v) is 13.0. The molecule has 1 amide bonds. The molecule has 3 rings (SSSR count). The Balaban J connectivity index is 1.70. The van der Waals surface area contributed by atoms with Crippen LogP contribution in [0.1, 0.15) is 6.92 Å². The Labute approximate surface area is 183 Å². The molecule has 3 aliphatic rings. The van der Waals surface area contributed by atoms with Crippen LogP contribution in [-0.2, 0) is 36.4 Å². The number of nitrogens with one attached hydrogen (secondary N) is 2. The van der Waals surface area contributed by atoms with Crippen molar-refractivity contribution in [3.05, 3.63) is 0 Å². The molecule has 0 aliphatic carbocycles. The van der Waals surface area contributed by atoms with Crippen LogP contribution in [0.15, 0.2) is 9.98 Å². The van der Waals surface area contributed by atoms with E-state index in [4.69, 9.17) is 24.8 Å². The zero-order valence-electron chi connectivity index (χ0n) is 16.2. The fourth-order valence-electron chi connectivity index (χ4n) is 3.04. The van der Waals surface area contributed by atoms with Gasteiger partial charge in [0.1, 0.15) is 12.2 Å². The summed E-state index contributed by atoms with van der Waals surface area (Å²) in [7, 11) is -16.9. The van der Waals surface area contributed by atoms with Gasteiger partial charge in [-0.3, -0.25) is 29.9 Å². The summed E-state index contributed by atoms with van der Waals surface area (Å²) in [5.74, 6) is -1.45. The predicted molar refractivity (Wildman–Crippen MR) is 101 cm³/mol. The van der Waals surface area contributed by atoms with Gasteiger partial charge in [0.25, 0.3) is 5.91 Å². The lowest BCUT2D eigenvalue weighted by molar-refractivity contribution is -0.119. The van der Waals surface area contributed by atoms with Crippen molar-refractivity contribution >= 4 is 47.5 Å². The molecule has 0 aromatic rings. The number of hydrogen-bond donors (Lipinski definition) is 7. The number of guanidine groups is 1. The molecule has 0 aromatic heterocycles. The van der Waals surface area contributed by atoms with Crippen LogP contribution >= 0.6 is 23.5 Å². The number of aliphatic hydroxyl groups excluding tert-OH is 1. The van der Waals surface area contributed by atoms with Crippen LogP contribution in [0.25, 0.3) is 0 Å². The first-order chi connectivity index (χ1) is 14.9. The molecule has 186 valence electrons. The van der Waals surface area contributed by atoms with Crippen molar-refractivity contribution in [2.75, 3.05) is 6.61 Å². The van der Waals surface area contributed by atoms with Gasteiger partial charge in [0.15, 0.2) is 23.8 Å². The highest BCUT2D eigenvalue weighted by Gasteiger charge is 2.59. The SMILES string of the molecule is C[C@@]1(F)[C@H](O)[C@@H](COP(=O)(O)OP(=O)(O)OP(=O)(O)O)O[C@H]1N1C=NC2C(=O)NC(=N)N=C21. The number of alkyl halides is 1. The summed E-state index contributed by atoms with van der Waals surface area (Å²) in [5, 5.41) is 19.9. The number of amides is 1. The zero-order valence-corrected chi connectivity index (χ0v) is 18.8. The number of hydrogen-bond acceptors (Lipinski definition) is 12. The van der Waals surface area contributed by atoms with Crippen LogP contribution in [-0.4, -0.2) is 90.4 Å². The Morgan fingerprint density at radius 3 is 2.52 bits per heavy atom. The third-order valence-corrected chi connectivity index (χ3v) is 8.16. The van der Waals surface area contributed by atoms with Crippen molar-refractivity contribution in [3.8, 4) is 0 Å². The van der Waals surface area contributed by atoms with Gasteiger partial charge >= 0.3 is 23.5 Å². The minimum atomic E-state index is -5.77. The normalized spacial score (nSPS) is 35.6. The maximum absolute atomic E-state index is 15.3. The van der Waals surface area contributed by atoms with Crippen molar-refractivity contribution < 1.29 is 65.4 Å². The van der Waals surface area contributed by atoms with Gasteiger partial charge in [-0.05, 0) is 6.92 Å². The average molecular weight is 539 g/mol. The zero-order chi connectivity index (χ0) is 25.0. The molecule has 3 aliphatic heterocycles. The number of ether oxygens (including phenoxy) is 1. The van der Waals surface area contributed by atoms with Crippen molar-refractivity contribution in [1.29, 1.82) is 5.41 Å². The van der Waals surface area contributed by atoms with Gasteiger partial charge in [0.2, 0.25) is 5.96 Å². The minimum Gasteiger partial charge on any atom is -0.387 e. The minimum absolute atomic E-state index is 0.182. The van der Waals surface area contributed by atoms with Crippen molar-refractivity contribution in [2.45, 2.75) is 37.1 Å². The fourth-order valence-corrected chi connectivity index (χ4v) is 6.07. The molecule has 0 radical (unpaired) electrons. The van der Waals surface area contributed by atoms with Gasteiger partial charge in [-0.25, -0.2) is 18.1 Å². The van der Waals surface area contributed by atoms with E-state index in [2.05, 4.69) is 28.4 Å². The van der Waals surface area contributed by atoms with Gasteiger partial charge in [-0.15, -0.1) is 0 Å². The van der Waals surface area contributed by atoms with E-state index in [9.17, 15) is 28.5 Å². The molecule has 0 spiro atoms. The van der Waals surface area contributed by atoms with Crippen molar-refractivity contribution in [1.82, 2.24) is 10.2 Å². The maximum atomic E-state index is 15.3. The standard InChI is InChI=1S/C11H17FN5O13P3/c1-11(12)6(18)4(2-27-32(23,24)30-33(25,26)29-31(20,21)22)28-9(11)17-3-14-5-7(17)15-10(13)16-8(5)19/h3-6,9,18H,2H2,1H3,(H,23,24)(H,25,26)(H2,13,16,19)(H2,20,21,22)/t4-,5?,6-,9-,11-/m1/s1. The van der Waals surface area contributed by atoms with Crippen molar-refractivity contribution in [2.24, 2.45) is 9.98 Å². The van der Waals surface area contributed by atoms with E-state index in [0.717, 1.165) is 18.2 Å². The number of phosphoric ester groups is 1. The molecule has 7 N–H and O–H groups in total. The first kappa shape index (κ1) is 26.2. The van der Waals surface area contributed by atoms with Gasteiger partial charge < -0.3 is 29.4 Å². The van der Waals surface area contributed by atoms with E-state index in [0.29, 0.717) is 0 Å². The summed E-state index contributed by atoms with van der Waals surface area (Å²) in [6.07, 6.45) is -4.44. The van der Waals surface area contributed by atoms with E-state index < -0.39 is 72.1 Å². The third-order valence-electron chi connectivity index (χ3n) is 4.35. The van der Waals surface area contributed by atoms with E-state index in [1.165, 1.54) is 0 Å². The Morgan fingerprint density at radius 2 is 1.91 bits per heavy atom. The summed E-state index contributed by atoms with van der Waals surface area (Å²) in [6.45, 7) is -0.221. The van der Waals surface area contributed by atoms with Gasteiger partial charge in [-0.2, -0.15) is 13.6 Å². The Bertz CT molecular complexity index is 1060. The molecular weight excluding hydrogens is 522 g/mol. The van der Waals surface area contributed by atoms with Crippen LogP contribution in [0.3, 0.4) is 0 Å². The van der Waals surface area contributed by atoms with Crippen LogP contribution in [0.4, 0.5) is 4.39 Å². The second-order valence-electron chi connectivity index (χ2n) is 6.89. The van der Waals surface area contributed by atoms with Gasteiger partial charge in [0, 0.05) is 0 Å². The second kappa shape index (κ2) is 8.64. The number of aliphatic hydroxyl groups is 1. The van der Waals surface area contributed by atoms with Gasteiger partial charge in [0.05, 0.1) is 12.9 Å². The molecule has 33 heavy (non-hydrogen) atoms. The summed E-state index contributed by atoms with van der Waals surface area (Å²) in [6, 6.07) is -1.20. The molecule has 0 aromatic carbocycles. The number of phosphoric acid groups is 3. The van der Waals surface area contributed by atoms with E-state index in [1.54, 1.807) is 0 Å². The molecule has 22 heteroatoms. The molecule has 3 heterocycles. The maximum Gasteiger partial charge on any atom is 0.490 e. The predicted octanol–water partition coefficient (Wildman–Crippen LogP) is -1.68. The lowest BCUT2D eigenvalue weighted by Crippen LogP contribution is -2.55. The number of rotatable bonds is 8. The fraction of sp³-hybridized carbons (Fsp3) is 0.636. The monoisotopic (exact) mass is 539 g/mol. The van der Waals surface area contributed by atoms with E-state index in [1.807, 2.05) is 0 Å². The molecule has 0 saturated carbocycles. The van der Waals surface area contributed by atoms with Gasteiger partial charge in [-0.1, -0.05) is 0 Å². The topological polar surface area (TPSA) is 270 Å². The number of carbonyl (C=O) groups excluding carboxylic acids is 1. The largest absolute Gasteiger partial charge is 0.490 e. The number of nitrogens with zero attached hydrogens (tertiary/aromatic N) is 3. The van der Waals surface area contributed by atoms with Crippen LogP contribution in [0, 0.1) is 5.41 Å². The summed E-state index contributed by atoms with van der Waals surface area (Å²) >= 11 is 0. The van der Waals surface area contributed by atoms with Crippen molar-refractivity contribution in [3.63, 3.8) is 0 Å². The third kappa shape index (κ3) is 5.79. The lowest BCUT2D eigenvalue weighted by Gasteiger charge is -2.32. The number of fused-ring (bicyclic) bond motifs is 1. The Hall–Kier alpha value is -1.46. The molecular formula is C11H17FN5O13P3. The number of halogens is 1.